The maximum absolute atomic E-state index is 12.1. The summed E-state index contributed by atoms with van der Waals surface area (Å²) >= 11 is 2.61. The van der Waals surface area contributed by atoms with Gasteiger partial charge in [0.15, 0.2) is 0 Å². The average molecular weight is 315 g/mol. The van der Waals surface area contributed by atoms with E-state index >= 15 is 0 Å². The lowest BCUT2D eigenvalue weighted by Gasteiger charge is -2.07. The number of anilines is 1. The second-order valence-electron chi connectivity index (χ2n) is 3.72. The van der Waals surface area contributed by atoms with Gasteiger partial charge in [0.1, 0.15) is 4.21 Å². The number of benzene rings is 1. The molecule has 0 spiro atoms. The third-order valence-electron chi connectivity index (χ3n) is 2.38. The Morgan fingerprint density at radius 2 is 2.11 bits per heavy atom. The van der Waals surface area contributed by atoms with Crippen LogP contribution in [0.1, 0.15) is 4.88 Å². The van der Waals surface area contributed by atoms with Gasteiger partial charge in [-0.2, -0.15) is 0 Å². The first-order valence-corrected chi connectivity index (χ1v) is 8.94. The fraction of sp³-hybridized carbons (Fsp3) is 0.167. The summed E-state index contributed by atoms with van der Waals surface area (Å²) in [6, 6.07) is 10.3. The van der Waals surface area contributed by atoms with E-state index in [4.69, 9.17) is 5.11 Å². The summed E-state index contributed by atoms with van der Waals surface area (Å²) < 4.78 is 27.0. The molecule has 102 valence electrons. The molecule has 2 N–H and O–H groups in total. The van der Waals surface area contributed by atoms with Crippen molar-refractivity contribution in [1.82, 2.24) is 0 Å². The molecule has 0 aliphatic carbocycles. The van der Waals surface area contributed by atoms with E-state index < -0.39 is 10.0 Å². The van der Waals surface area contributed by atoms with Crippen LogP contribution in [0.5, 0.6) is 0 Å². The highest BCUT2D eigenvalue weighted by Crippen LogP contribution is 2.25. The van der Waals surface area contributed by atoms with Crippen molar-refractivity contribution < 1.29 is 13.5 Å². The first kappa shape index (κ1) is 14.4. The van der Waals surface area contributed by atoms with Crippen LogP contribution >= 0.6 is 23.1 Å². The highest BCUT2D eigenvalue weighted by molar-refractivity contribution is 7.98. The van der Waals surface area contributed by atoms with Crippen molar-refractivity contribution in [3.63, 3.8) is 0 Å². The summed E-state index contributed by atoms with van der Waals surface area (Å²) in [7, 11) is -3.58. The van der Waals surface area contributed by atoms with Crippen LogP contribution < -0.4 is 4.72 Å². The summed E-state index contributed by atoms with van der Waals surface area (Å²) in [6.07, 6.45) is 1.93. The molecular weight excluding hydrogens is 302 g/mol. The molecule has 19 heavy (non-hydrogen) atoms. The summed E-state index contributed by atoms with van der Waals surface area (Å²) in [4.78, 5) is 1.61. The average Bonchev–Trinajstić information content (AvgIpc) is 2.88. The number of nitrogens with one attached hydrogen (secondary N) is 1. The van der Waals surface area contributed by atoms with Crippen LogP contribution in [0.2, 0.25) is 0 Å². The lowest BCUT2D eigenvalue weighted by atomic mass is 10.3. The monoisotopic (exact) mass is 315 g/mol. The number of aliphatic hydroxyl groups excluding tert-OH is 1. The minimum absolute atomic E-state index is 0.151. The Kier molecular flexibility index (Phi) is 4.51. The number of hydrogen-bond donors (Lipinski definition) is 2. The minimum atomic E-state index is -3.58. The van der Waals surface area contributed by atoms with Crippen LogP contribution in [-0.4, -0.2) is 19.8 Å². The highest BCUT2D eigenvalue weighted by atomic mass is 32.2. The van der Waals surface area contributed by atoms with Gasteiger partial charge in [-0.25, -0.2) is 8.42 Å². The lowest BCUT2D eigenvalue weighted by molar-refractivity contribution is 0.285. The van der Waals surface area contributed by atoms with Gasteiger partial charge in [0.25, 0.3) is 10.0 Å². The number of hydrogen-bond acceptors (Lipinski definition) is 5. The molecule has 0 aliphatic heterocycles. The topological polar surface area (TPSA) is 66.4 Å². The van der Waals surface area contributed by atoms with Crippen molar-refractivity contribution in [2.45, 2.75) is 15.7 Å². The smallest absolute Gasteiger partial charge is 0.271 e. The zero-order valence-electron chi connectivity index (χ0n) is 10.2. The molecule has 4 nitrogen and oxygen atoms in total. The molecule has 7 heteroatoms. The van der Waals surface area contributed by atoms with Crippen molar-refractivity contribution in [2.24, 2.45) is 0 Å². The number of aliphatic hydroxyl groups is 1. The molecule has 2 aromatic rings. The molecule has 1 heterocycles. The molecular formula is C12H13NO3S3. The molecule has 0 saturated carbocycles. The second kappa shape index (κ2) is 5.96. The SMILES string of the molecule is CSc1cccc(NS(=O)(=O)c2ccc(CO)s2)c1. The van der Waals surface area contributed by atoms with Crippen LogP contribution in [-0.2, 0) is 16.6 Å². The second-order valence-corrected chi connectivity index (χ2v) is 7.67. The summed E-state index contributed by atoms with van der Waals surface area (Å²) in [6.45, 7) is -0.151. The molecule has 2 rings (SSSR count). The maximum Gasteiger partial charge on any atom is 0.271 e. The molecule has 0 aliphatic rings. The molecule has 0 saturated heterocycles. The fourth-order valence-electron chi connectivity index (χ4n) is 1.48. The minimum Gasteiger partial charge on any atom is -0.391 e. The summed E-state index contributed by atoms with van der Waals surface area (Å²) in [5, 5.41) is 8.97. The summed E-state index contributed by atoms with van der Waals surface area (Å²) in [5.74, 6) is 0. The first-order chi connectivity index (χ1) is 9.05. The molecule has 0 radical (unpaired) electrons. The highest BCUT2D eigenvalue weighted by Gasteiger charge is 2.16. The van der Waals surface area contributed by atoms with E-state index in [9.17, 15) is 8.42 Å². The number of thioether (sulfide) groups is 1. The predicted octanol–water partition coefficient (Wildman–Crippen LogP) is 2.76. The maximum atomic E-state index is 12.1. The predicted molar refractivity (Wildman–Crippen MR) is 79.3 cm³/mol. The zero-order chi connectivity index (χ0) is 13.9. The van der Waals surface area contributed by atoms with E-state index in [1.165, 1.54) is 6.07 Å². The Hall–Kier alpha value is -1.02. The molecule has 0 fully saturated rings. The quantitative estimate of drug-likeness (QED) is 0.833. The molecule has 1 aromatic carbocycles. The van der Waals surface area contributed by atoms with Crippen LogP contribution in [0.25, 0.3) is 0 Å². The Bertz CT molecular complexity index is 664. The van der Waals surface area contributed by atoms with Gasteiger partial charge in [-0.3, -0.25) is 4.72 Å². The van der Waals surface area contributed by atoms with Crippen molar-refractivity contribution in [2.75, 3.05) is 11.0 Å². The van der Waals surface area contributed by atoms with E-state index in [0.717, 1.165) is 16.2 Å². The van der Waals surface area contributed by atoms with Crippen LogP contribution in [0, 0.1) is 0 Å². The first-order valence-electron chi connectivity index (χ1n) is 5.41. The van der Waals surface area contributed by atoms with Crippen LogP contribution in [0.15, 0.2) is 45.5 Å². The van der Waals surface area contributed by atoms with Gasteiger partial charge < -0.3 is 5.11 Å². The fourth-order valence-corrected chi connectivity index (χ4v) is 4.20. The normalized spacial score (nSPS) is 11.5. The van der Waals surface area contributed by atoms with E-state index in [0.29, 0.717) is 10.6 Å². The Morgan fingerprint density at radius 3 is 2.74 bits per heavy atom. The van der Waals surface area contributed by atoms with Crippen LogP contribution in [0.4, 0.5) is 5.69 Å². The summed E-state index contributed by atoms with van der Waals surface area (Å²) in [5.41, 5.74) is 0.533. The van der Waals surface area contributed by atoms with Gasteiger partial charge in [-0.1, -0.05) is 6.07 Å². The van der Waals surface area contributed by atoms with E-state index in [-0.39, 0.29) is 10.8 Å². The number of thiophene rings is 1. The largest absolute Gasteiger partial charge is 0.391 e. The van der Waals surface area contributed by atoms with Gasteiger partial charge in [0, 0.05) is 15.5 Å². The Labute approximate surface area is 120 Å². The molecule has 0 atom stereocenters. The molecule has 0 amide bonds. The van der Waals surface area contributed by atoms with Crippen molar-refractivity contribution >= 4 is 38.8 Å². The van der Waals surface area contributed by atoms with Crippen molar-refractivity contribution in [1.29, 1.82) is 0 Å². The van der Waals surface area contributed by atoms with Gasteiger partial charge in [-0.15, -0.1) is 23.1 Å². The Morgan fingerprint density at radius 1 is 1.32 bits per heavy atom. The van der Waals surface area contributed by atoms with E-state index in [2.05, 4.69) is 4.72 Å². The molecule has 0 bridgehead atoms. The van der Waals surface area contributed by atoms with Gasteiger partial charge in [-0.05, 0) is 36.6 Å². The Balaban J connectivity index is 2.25. The van der Waals surface area contributed by atoms with E-state index in [1.54, 1.807) is 36.0 Å². The third kappa shape index (κ3) is 3.50. The van der Waals surface area contributed by atoms with Gasteiger partial charge in [0.05, 0.1) is 6.61 Å². The molecule has 1 aromatic heterocycles. The number of rotatable bonds is 5. The zero-order valence-corrected chi connectivity index (χ0v) is 12.6. The van der Waals surface area contributed by atoms with Crippen molar-refractivity contribution in [3.8, 4) is 0 Å². The third-order valence-corrected chi connectivity index (χ3v) is 6.05. The standard InChI is InChI=1S/C12H13NO3S3/c1-17-10-4-2-3-9(7-10)13-19(15,16)12-6-5-11(8-14)18-12/h2-7,13-14H,8H2,1H3. The van der Waals surface area contributed by atoms with Gasteiger partial charge in [0.2, 0.25) is 0 Å². The number of sulfonamides is 1. The van der Waals surface area contributed by atoms with Crippen molar-refractivity contribution in [3.05, 3.63) is 41.3 Å². The van der Waals surface area contributed by atoms with Gasteiger partial charge >= 0.3 is 0 Å². The molecule has 0 unspecified atom stereocenters. The van der Waals surface area contributed by atoms with E-state index in [1.807, 2.05) is 12.3 Å². The lowest BCUT2D eigenvalue weighted by Crippen LogP contribution is -2.11. The van der Waals surface area contributed by atoms with Crippen LogP contribution in [0.3, 0.4) is 0 Å².